The first-order valence-corrected chi connectivity index (χ1v) is 12.0. The smallest absolute Gasteiger partial charge is 0.0155 e. The van der Waals surface area contributed by atoms with Gasteiger partial charge in [0.2, 0.25) is 0 Å². The lowest BCUT2D eigenvalue weighted by Crippen LogP contribution is -2.13. The van der Waals surface area contributed by atoms with Crippen molar-refractivity contribution in [2.75, 3.05) is 0 Å². The van der Waals surface area contributed by atoms with Crippen LogP contribution in [0.1, 0.15) is 75.3 Å². The van der Waals surface area contributed by atoms with Crippen molar-refractivity contribution in [3.8, 4) is 22.3 Å². The summed E-state index contributed by atoms with van der Waals surface area (Å²) in [4.78, 5) is 0. The molecule has 4 rings (SSSR count). The average molecular weight is 397 g/mol. The summed E-state index contributed by atoms with van der Waals surface area (Å²) in [6.45, 7) is 4.49. The summed E-state index contributed by atoms with van der Waals surface area (Å²) in [7, 11) is 0. The van der Waals surface area contributed by atoms with Gasteiger partial charge in [-0.3, -0.25) is 0 Å². The lowest BCUT2D eigenvalue weighted by Gasteiger charge is -2.29. The molecule has 0 atom stereocenters. The van der Waals surface area contributed by atoms with Crippen molar-refractivity contribution in [2.24, 2.45) is 5.92 Å². The lowest BCUT2D eigenvalue weighted by atomic mass is 9.77. The Morgan fingerprint density at radius 2 is 1.27 bits per heavy atom. The minimum atomic E-state index is 0.768. The SMILES string of the molecule is CCCCCC1CCC(c2ccc(-c3ccc(-c4ccccc4C)cc3)cc2)CC1. The number of hydrogen-bond acceptors (Lipinski definition) is 0. The molecule has 0 spiro atoms. The molecule has 0 saturated heterocycles. The van der Waals surface area contributed by atoms with Gasteiger partial charge in [-0.25, -0.2) is 0 Å². The highest BCUT2D eigenvalue weighted by atomic mass is 14.3. The molecule has 0 heterocycles. The third kappa shape index (κ3) is 5.04. The third-order valence-electron chi connectivity index (χ3n) is 7.12. The summed E-state index contributed by atoms with van der Waals surface area (Å²) < 4.78 is 0. The second-order valence-corrected chi connectivity index (χ2v) is 9.23. The number of aryl methyl sites for hydroxylation is 1. The van der Waals surface area contributed by atoms with Gasteiger partial charge >= 0.3 is 0 Å². The fraction of sp³-hybridized carbons (Fsp3) is 0.400. The van der Waals surface area contributed by atoms with Crippen LogP contribution in [0.2, 0.25) is 0 Å². The van der Waals surface area contributed by atoms with Crippen molar-refractivity contribution in [2.45, 2.75) is 71.1 Å². The van der Waals surface area contributed by atoms with Gasteiger partial charge in [-0.05, 0) is 77.8 Å². The molecule has 0 heteroatoms. The summed E-state index contributed by atoms with van der Waals surface area (Å²) in [5.74, 6) is 1.75. The number of hydrogen-bond donors (Lipinski definition) is 0. The molecule has 0 aliphatic heterocycles. The lowest BCUT2D eigenvalue weighted by molar-refractivity contribution is 0.303. The monoisotopic (exact) mass is 396 g/mol. The largest absolute Gasteiger partial charge is 0.0654 e. The van der Waals surface area contributed by atoms with Crippen LogP contribution in [-0.2, 0) is 0 Å². The molecular formula is C30H36. The predicted octanol–water partition coefficient (Wildman–Crippen LogP) is 9.18. The molecule has 3 aromatic rings. The van der Waals surface area contributed by atoms with Gasteiger partial charge in [0.1, 0.15) is 0 Å². The van der Waals surface area contributed by atoms with Crippen LogP contribution < -0.4 is 0 Å². The maximum atomic E-state index is 2.38. The zero-order valence-electron chi connectivity index (χ0n) is 18.7. The van der Waals surface area contributed by atoms with Crippen molar-refractivity contribution < 1.29 is 0 Å². The fourth-order valence-electron chi connectivity index (χ4n) is 5.15. The van der Waals surface area contributed by atoms with E-state index >= 15 is 0 Å². The molecule has 1 aliphatic rings. The molecule has 156 valence electrons. The van der Waals surface area contributed by atoms with Crippen molar-refractivity contribution >= 4 is 0 Å². The zero-order chi connectivity index (χ0) is 20.8. The number of benzene rings is 3. The summed E-state index contributed by atoms with van der Waals surface area (Å²) >= 11 is 0. The average Bonchev–Trinajstić information content (AvgIpc) is 2.80. The van der Waals surface area contributed by atoms with Crippen LogP contribution in [0.4, 0.5) is 0 Å². The van der Waals surface area contributed by atoms with Gasteiger partial charge in [-0.1, -0.05) is 105 Å². The molecule has 0 N–H and O–H groups in total. The van der Waals surface area contributed by atoms with Crippen molar-refractivity contribution in [1.29, 1.82) is 0 Å². The van der Waals surface area contributed by atoms with Gasteiger partial charge in [0.25, 0.3) is 0 Å². The molecule has 1 fully saturated rings. The first-order chi connectivity index (χ1) is 14.7. The van der Waals surface area contributed by atoms with Crippen molar-refractivity contribution in [1.82, 2.24) is 0 Å². The molecule has 0 amide bonds. The Hall–Kier alpha value is -2.34. The van der Waals surface area contributed by atoms with E-state index in [1.54, 1.807) is 5.56 Å². The molecule has 0 radical (unpaired) electrons. The first kappa shape index (κ1) is 20.9. The van der Waals surface area contributed by atoms with Gasteiger partial charge < -0.3 is 0 Å². The molecule has 1 aliphatic carbocycles. The predicted molar refractivity (Wildman–Crippen MR) is 131 cm³/mol. The van der Waals surface area contributed by atoms with Crippen LogP contribution in [0, 0.1) is 12.8 Å². The van der Waals surface area contributed by atoms with E-state index in [9.17, 15) is 0 Å². The molecular weight excluding hydrogens is 360 g/mol. The number of rotatable bonds is 7. The Kier molecular flexibility index (Phi) is 7.05. The molecule has 0 unspecified atom stereocenters. The maximum absolute atomic E-state index is 2.38. The second kappa shape index (κ2) is 10.1. The van der Waals surface area contributed by atoms with E-state index < -0.39 is 0 Å². The Morgan fingerprint density at radius 1 is 0.667 bits per heavy atom. The van der Waals surface area contributed by atoms with Crippen LogP contribution in [-0.4, -0.2) is 0 Å². The summed E-state index contributed by atoms with van der Waals surface area (Å²) in [6.07, 6.45) is 11.3. The minimum Gasteiger partial charge on any atom is -0.0654 e. The van der Waals surface area contributed by atoms with E-state index in [0.29, 0.717) is 0 Å². The van der Waals surface area contributed by atoms with Gasteiger partial charge in [-0.15, -0.1) is 0 Å². The van der Waals surface area contributed by atoms with E-state index in [1.807, 2.05) is 0 Å². The van der Waals surface area contributed by atoms with Gasteiger partial charge in [0, 0.05) is 0 Å². The quantitative estimate of drug-likeness (QED) is 0.349. The standard InChI is InChI=1S/C30H36/c1-3-4-5-9-24-11-13-25(14-12-24)26-15-17-27(18-16-26)28-19-21-29(22-20-28)30-10-7-6-8-23(30)2/h6-8,10,15-22,24-25H,3-5,9,11-14H2,1-2H3. The highest BCUT2D eigenvalue weighted by molar-refractivity contribution is 5.72. The third-order valence-corrected chi connectivity index (χ3v) is 7.12. The van der Waals surface area contributed by atoms with Crippen LogP contribution in [0.5, 0.6) is 0 Å². The Balaban J connectivity index is 1.38. The summed E-state index contributed by atoms with van der Waals surface area (Å²) in [6, 6.07) is 27.1. The fourth-order valence-corrected chi connectivity index (χ4v) is 5.15. The highest BCUT2D eigenvalue weighted by Crippen LogP contribution is 2.38. The van der Waals surface area contributed by atoms with Gasteiger partial charge in [0.05, 0.1) is 0 Å². The van der Waals surface area contributed by atoms with E-state index in [0.717, 1.165) is 11.8 Å². The van der Waals surface area contributed by atoms with E-state index in [2.05, 4.69) is 86.6 Å². The molecule has 30 heavy (non-hydrogen) atoms. The molecule has 0 aromatic heterocycles. The van der Waals surface area contributed by atoms with Gasteiger partial charge in [-0.2, -0.15) is 0 Å². The van der Waals surface area contributed by atoms with Crippen molar-refractivity contribution in [3.05, 3.63) is 83.9 Å². The van der Waals surface area contributed by atoms with Crippen LogP contribution in [0.15, 0.2) is 72.8 Å². The van der Waals surface area contributed by atoms with E-state index in [4.69, 9.17) is 0 Å². The Labute approximate surface area is 183 Å². The Morgan fingerprint density at radius 3 is 1.90 bits per heavy atom. The summed E-state index contributed by atoms with van der Waals surface area (Å²) in [5, 5.41) is 0. The number of unbranched alkanes of at least 4 members (excludes halogenated alkanes) is 2. The highest BCUT2D eigenvalue weighted by Gasteiger charge is 2.22. The van der Waals surface area contributed by atoms with E-state index in [-0.39, 0.29) is 0 Å². The summed E-state index contributed by atoms with van der Waals surface area (Å²) in [5.41, 5.74) is 8.12. The van der Waals surface area contributed by atoms with Crippen LogP contribution in [0.25, 0.3) is 22.3 Å². The normalized spacial score (nSPS) is 19.0. The second-order valence-electron chi connectivity index (χ2n) is 9.23. The van der Waals surface area contributed by atoms with E-state index in [1.165, 1.54) is 79.2 Å². The topological polar surface area (TPSA) is 0 Å². The van der Waals surface area contributed by atoms with Crippen LogP contribution >= 0.6 is 0 Å². The minimum absolute atomic E-state index is 0.768. The molecule has 1 saturated carbocycles. The van der Waals surface area contributed by atoms with Crippen molar-refractivity contribution in [3.63, 3.8) is 0 Å². The molecule has 0 bridgehead atoms. The van der Waals surface area contributed by atoms with Crippen LogP contribution in [0.3, 0.4) is 0 Å². The molecule has 3 aromatic carbocycles. The maximum Gasteiger partial charge on any atom is -0.0155 e. The Bertz CT molecular complexity index is 909. The van der Waals surface area contributed by atoms with Gasteiger partial charge in [0.15, 0.2) is 0 Å². The molecule has 0 nitrogen and oxygen atoms in total. The first-order valence-electron chi connectivity index (χ1n) is 12.0. The zero-order valence-corrected chi connectivity index (χ0v) is 18.7.